The number of hydrogen-bond acceptors (Lipinski definition) is 4. The third-order valence-corrected chi connectivity index (χ3v) is 6.22. The number of nitrogens with one attached hydrogen (secondary N) is 1. The van der Waals surface area contributed by atoms with Crippen LogP contribution in [0.5, 0.6) is 0 Å². The van der Waals surface area contributed by atoms with Crippen LogP contribution < -0.4 is 5.32 Å². The van der Waals surface area contributed by atoms with E-state index in [1.54, 1.807) is 25.1 Å². The fraction of sp³-hybridized carbons (Fsp3) is 0.312. The summed E-state index contributed by atoms with van der Waals surface area (Å²) in [6.45, 7) is 2.71. The summed E-state index contributed by atoms with van der Waals surface area (Å²) in [4.78, 5) is 12.1. The molecule has 1 aromatic carbocycles. The number of benzene rings is 1. The highest BCUT2D eigenvalue weighted by Gasteiger charge is 2.29. The van der Waals surface area contributed by atoms with E-state index in [-0.39, 0.29) is 15.7 Å². The van der Waals surface area contributed by atoms with Gasteiger partial charge >= 0.3 is 0 Å². The second kappa shape index (κ2) is 6.58. The minimum Gasteiger partial charge on any atom is -0.456 e. The summed E-state index contributed by atoms with van der Waals surface area (Å²) in [7, 11) is -3.66. The average Bonchev–Trinajstić information content (AvgIpc) is 3.20. The van der Waals surface area contributed by atoms with Gasteiger partial charge < -0.3 is 9.73 Å². The fourth-order valence-corrected chi connectivity index (χ4v) is 4.61. The van der Waals surface area contributed by atoms with Crippen LogP contribution in [0.1, 0.15) is 29.2 Å². The summed E-state index contributed by atoms with van der Waals surface area (Å²) in [5.41, 5.74) is 0.344. The molecule has 24 heavy (non-hydrogen) atoms. The Kier molecular flexibility index (Phi) is 4.67. The van der Waals surface area contributed by atoms with Crippen molar-refractivity contribution >= 4 is 33.2 Å². The molecule has 1 amide bonds. The first-order valence-electron chi connectivity index (χ1n) is 7.55. The Morgan fingerprint density at radius 2 is 1.92 bits per heavy atom. The third kappa shape index (κ3) is 3.33. The maximum atomic E-state index is 12.7. The molecule has 6 nitrogen and oxygen atoms in total. The van der Waals surface area contributed by atoms with Crippen LogP contribution >= 0.6 is 11.6 Å². The lowest BCUT2D eigenvalue weighted by atomic mass is 10.3. The summed E-state index contributed by atoms with van der Waals surface area (Å²) in [5, 5.41) is 2.76. The van der Waals surface area contributed by atoms with Crippen molar-refractivity contribution in [2.75, 3.05) is 18.4 Å². The SMILES string of the molecule is Cc1ccc(C(=O)Nc2ccc(Cl)c(S(=O)(=O)N3CCCC3)c2)o1. The molecule has 0 aliphatic carbocycles. The molecule has 2 aromatic rings. The highest BCUT2D eigenvalue weighted by Crippen LogP contribution is 2.29. The molecule has 1 aliphatic rings. The van der Waals surface area contributed by atoms with Gasteiger partial charge in [0.05, 0.1) is 5.02 Å². The van der Waals surface area contributed by atoms with Crippen molar-refractivity contribution in [2.24, 2.45) is 0 Å². The molecular weight excluding hydrogens is 352 g/mol. The van der Waals surface area contributed by atoms with Gasteiger partial charge in [0.2, 0.25) is 10.0 Å². The normalized spacial score (nSPS) is 15.6. The van der Waals surface area contributed by atoms with E-state index in [0.29, 0.717) is 24.5 Å². The number of halogens is 1. The number of sulfonamides is 1. The number of nitrogens with zero attached hydrogens (tertiary/aromatic N) is 1. The van der Waals surface area contributed by atoms with Crippen LogP contribution in [0, 0.1) is 6.92 Å². The predicted octanol–water partition coefficient (Wildman–Crippen LogP) is 3.28. The molecule has 1 aromatic heterocycles. The Morgan fingerprint density at radius 3 is 2.54 bits per heavy atom. The van der Waals surface area contributed by atoms with Gasteiger partial charge in [-0.15, -0.1) is 0 Å². The number of anilines is 1. The number of hydrogen-bond donors (Lipinski definition) is 1. The molecule has 1 fully saturated rings. The van der Waals surface area contributed by atoms with Gasteiger partial charge in [0.25, 0.3) is 5.91 Å². The highest BCUT2D eigenvalue weighted by atomic mass is 35.5. The minimum atomic E-state index is -3.66. The van der Waals surface area contributed by atoms with Crippen LogP contribution in [0.4, 0.5) is 5.69 Å². The maximum Gasteiger partial charge on any atom is 0.291 e. The average molecular weight is 369 g/mol. The Morgan fingerprint density at radius 1 is 1.21 bits per heavy atom. The van der Waals surface area contributed by atoms with E-state index in [4.69, 9.17) is 16.0 Å². The molecule has 1 aliphatic heterocycles. The Bertz CT molecular complexity index is 870. The summed E-state index contributed by atoms with van der Waals surface area (Å²) in [5.74, 6) is 0.329. The molecule has 8 heteroatoms. The number of aryl methyl sites for hydroxylation is 1. The van der Waals surface area contributed by atoms with Gasteiger partial charge in [-0.25, -0.2) is 8.42 Å². The topological polar surface area (TPSA) is 79.6 Å². The second-order valence-corrected chi connectivity index (χ2v) is 7.93. The van der Waals surface area contributed by atoms with E-state index in [2.05, 4.69) is 5.32 Å². The molecule has 1 N–H and O–H groups in total. The molecular formula is C16H17ClN2O4S. The molecule has 0 bridgehead atoms. The zero-order valence-electron chi connectivity index (χ0n) is 13.1. The number of rotatable bonds is 4. The lowest BCUT2D eigenvalue weighted by molar-refractivity contribution is 0.0995. The summed E-state index contributed by atoms with van der Waals surface area (Å²) >= 11 is 6.08. The molecule has 0 spiro atoms. The zero-order chi connectivity index (χ0) is 17.3. The van der Waals surface area contributed by atoms with E-state index >= 15 is 0 Å². The number of furan rings is 1. The van der Waals surface area contributed by atoms with Crippen molar-refractivity contribution in [1.29, 1.82) is 0 Å². The van der Waals surface area contributed by atoms with Crippen LogP contribution in [0.3, 0.4) is 0 Å². The lowest BCUT2D eigenvalue weighted by Crippen LogP contribution is -2.28. The van der Waals surface area contributed by atoms with Crippen molar-refractivity contribution < 1.29 is 17.6 Å². The number of carbonyl (C=O) groups excluding carboxylic acids is 1. The first kappa shape index (κ1) is 17.0. The second-order valence-electron chi connectivity index (χ2n) is 5.62. The smallest absolute Gasteiger partial charge is 0.291 e. The van der Waals surface area contributed by atoms with Crippen molar-refractivity contribution in [3.63, 3.8) is 0 Å². The Labute approximate surface area is 145 Å². The summed E-state index contributed by atoms with van der Waals surface area (Å²) in [6, 6.07) is 7.64. The molecule has 128 valence electrons. The zero-order valence-corrected chi connectivity index (χ0v) is 14.7. The lowest BCUT2D eigenvalue weighted by Gasteiger charge is -2.17. The predicted molar refractivity (Wildman–Crippen MR) is 90.8 cm³/mol. The van der Waals surface area contributed by atoms with E-state index in [0.717, 1.165) is 12.8 Å². The van der Waals surface area contributed by atoms with Gasteiger partial charge in [-0.1, -0.05) is 11.6 Å². The quantitative estimate of drug-likeness (QED) is 0.898. The standard InChI is InChI=1S/C16H17ClN2O4S/c1-11-4-7-14(23-11)16(20)18-12-5-6-13(17)15(10-12)24(21,22)19-8-2-3-9-19/h4-7,10H,2-3,8-9H2,1H3,(H,18,20). The van der Waals surface area contributed by atoms with Crippen molar-refractivity contribution in [3.05, 3.63) is 46.9 Å². The van der Waals surface area contributed by atoms with Crippen molar-refractivity contribution in [3.8, 4) is 0 Å². The number of carbonyl (C=O) groups is 1. The van der Waals surface area contributed by atoms with Crippen LogP contribution in [0.2, 0.25) is 5.02 Å². The van der Waals surface area contributed by atoms with Crippen LogP contribution in [-0.2, 0) is 10.0 Å². The minimum absolute atomic E-state index is 0.000470. The first-order chi connectivity index (χ1) is 11.4. The van der Waals surface area contributed by atoms with E-state index in [9.17, 15) is 13.2 Å². The van der Waals surface area contributed by atoms with Gasteiger partial charge in [-0.2, -0.15) is 4.31 Å². The van der Waals surface area contributed by atoms with Gasteiger partial charge in [0.15, 0.2) is 5.76 Å². The Balaban J connectivity index is 1.87. The van der Waals surface area contributed by atoms with Gasteiger partial charge in [0, 0.05) is 18.8 Å². The number of amides is 1. The van der Waals surface area contributed by atoms with Crippen LogP contribution in [-0.4, -0.2) is 31.7 Å². The third-order valence-electron chi connectivity index (χ3n) is 3.84. The summed E-state index contributed by atoms with van der Waals surface area (Å²) < 4.78 is 32.0. The van der Waals surface area contributed by atoms with Crippen LogP contribution in [0.25, 0.3) is 0 Å². The van der Waals surface area contributed by atoms with Crippen LogP contribution in [0.15, 0.2) is 39.6 Å². The fourth-order valence-electron chi connectivity index (χ4n) is 2.60. The monoisotopic (exact) mass is 368 g/mol. The summed E-state index contributed by atoms with van der Waals surface area (Å²) in [6.07, 6.45) is 1.68. The van der Waals surface area contributed by atoms with Gasteiger partial charge in [-0.05, 0) is 50.1 Å². The largest absolute Gasteiger partial charge is 0.456 e. The first-order valence-corrected chi connectivity index (χ1v) is 9.37. The molecule has 0 saturated carbocycles. The highest BCUT2D eigenvalue weighted by molar-refractivity contribution is 7.89. The molecule has 1 saturated heterocycles. The Hall–Kier alpha value is -1.83. The molecule has 0 atom stereocenters. The van der Waals surface area contributed by atoms with Gasteiger partial charge in [0.1, 0.15) is 10.7 Å². The van der Waals surface area contributed by atoms with Crippen molar-refractivity contribution in [2.45, 2.75) is 24.7 Å². The van der Waals surface area contributed by atoms with Gasteiger partial charge in [-0.3, -0.25) is 4.79 Å². The van der Waals surface area contributed by atoms with Crippen molar-refractivity contribution in [1.82, 2.24) is 4.31 Å². The molecule has 0 radical (unpaired) electrons. The molecule has 3 rings (SSSR count). The van der Waals surface area contributed by atoms with E-state index in [1.807, 2.05) is 0 Å². The van der Waals surface area contributed by atoms with E-state index in [1.165, 1.54) is 16.4 Å². The van der Waals surface area contributed by atoms with E-state index < -0.39 is 15.9 Å². The molecule has 0 unspecified atom stereocenters. The maximum absolute atomic E-state index is 12.7. The molecule has 2 heterocycles.